The summed E-state index contributed by atoms with van der Waals surface area (Å²) < 4.78 is 5.18. The van der Waals surface area contributed by atoms with Crippen LogP contribution in [0.4, 0.5) is 0 Å². The van der Waals surface area contributed by atoms with E-state index in [1.54, 1.807) is 7.11 Å². The van der Waals surface area contributed by atoms with Crippen LogP contribution in [-0.2, 0) is 4.79 Å². The molecule has 100 valence electrons. The monoisotopic (exact) mass is 258 g/mol. The number of fused-ring (bicyclic) bond motifs is 1. The van der Waals surface area contributed by atoms with Crippen molar-refractivity contribution in [2.45, 2.75) is 25.7 Å². The largest absolute Gasteiger partial charge is 0.497 e. The maximum Gasteiger partial charge on any atom is 0.310 e. The van der Waals surface area contributed by atoms with Gasteiger partial charge in [-0.15, -0.1) is 0 Å². The maximum absolute atomic E-state index is 11.3. The SMILES string of the molecule is CCCC(C(=O)O)c1ccc2cc(OC)ccc2c1. The zero-order valence-electron chi connectivity index (χ0n) is 11.2. The van der Waals surface area contributed by atoms with Crippen LogP contribution in [0.25, 0.3) is 10.8 Å². The number of hydrogen-bond acceptors (Lipinski definition) is 2. The number of benzene rings is 2. The Morgan fingerprint density at radius 3 is 2.53 bits per heavy atom. The molecule has 0 saturated heterocycles. The summed E-state index contributed by atoms with van der Waals surface area (Å²) in [7, 11) is 1.64. The lowest BCUT2D eigenvalue weighted by Gasteiger charge is -2.12. The van der Waals surface area contributed by atoms with E-state index in [0.29, 0.717) is 6.42 Å². The van der Waals surface area contributed by atoms with Crippen molar-refractivity contribution >= 4 is 16.7 Å². The van der Waals surface area contributed by atoms with E-state index < -0.39 is 11.9 Å². The topological polar surface area (TPSA) is 46.5 Å². The van der Waals surface area contributed by atoms with E-state index in [0.717, 1.165) is 28.5 Å². The zero-order valence-corrected chi connectivity index (χ0v) is 11.2. The number of ether oxygens (including phenoxy) is 1. The van der Waals surface area contributed by atoms with Crippen molar-refractivity contribution in [3.8, 4) is 5.75 Å². The number of hydrogen-bond donors (Lipinski definition) is 1. The van der Waals surface area contributed by atoms with Crippen molar-refractivity contribution in [2.75, 3.05) is 7.11 Å². The van der Waals surface area contributed by atoms with Crippen LogP contribution in [0.1, 0.15) is 31.2 Å². The molecule has 19 heavy (non-hydrogen) atoms. The fourth-order valence-corrected chi connectivity index (χ4v) is 2.31. The molecule has 3 heteroatoms. The molecule has 3 nitrogen and oxygen atoms in total. The van der Waals surface area contributed by atoms with E-state index in [-0.39, 0.29) is 0 Å². The molecule has 0 amide bonds. The second-order valence-corrected chi connectivity index (χ2v) is 4.65. The molecule has 0 aromatic heterocycles. The molecular weight excluding hydrogens is 240 g/mol. The summed E-state index contributed by atoms with van der Waals surface area (Å²) >= 11 is 0. The van der Waals surface area contributed by atoms with Crippen LogP contribution in [0.2, 0.25) is 0 Å². The van der Waals surface area contributed by atoms with Gasteiger partial charge < -0.3 is 9.84 Å². The third-order valence-corrected chi connectivity index (χ3v) is 3.35. The Kier molecular flexibility index (Phi) is 4.05. The summed E-state index contributed by atoms with van der Waals surface area (Å²) in [6, 6.07) is 11.6. The standard InChI is InChI=1S/C16H18O3/c1-3-4-15(16(17)18)13-6-5-12-10-14(19-2)8-7-11(12)9-13/h5-10,15H,3-4H2,1-2H3,(H,17,18). The van der Waals surface area contributed by atoms with Gasteiger partial charge in [0.1, 0.15) is 5.75 Å². The number of carbonyl (C=O) groups is 1. The van der Waals surface area contributed by atoms with Crippen molar-refractivity contribution < 1.29 is 14.6 Å². The average Bonchev–Trinajstić information content (AvgIpc) is 2.43. The number of aliphatic carboxylic acids is 1. The maximum atomic E-state index is 11.3. The molecular formula is C16H18O3. The van der Waals surface area contributed by atoms with Crippen LogP contribution >= 0.6 is 0 Å². The summed E-state index contributed by atoms with van der Waals surface area (Å²) in [6.45, 7) is 2.00. The van der Waals surface area contributed by atoms with Crippen molar-refractivity contribution in [3.63, 3.8) is 0 Å². The number of rotatable bonds is 5. The molecule has 0 aliphatic heterocycles. The number of carboxylic acid groups (broad SMARTS) is 1. The smallest absolute Gasteiger partial charge is 0.310 e. The molecule has 2 aromatic rings. The van der Waals surface area contributed by atoms with Crippen LogP contribution in [-0.4, -0.2) is 18.2 Å². The Labute approximate surface area is 112 Å². The molecule has 0 bridgehead atoms. The summed E-state index contributed by atoms with van der Waals surface area (Å²) in [5.74, 6) is -0.366. The van der Waals surface area contributed by atoms with Crippen LogP contribution in [0, 0.1) is 0 Å². The molecule has 1 N–H and O–H groups in total. The zero-order chi connectivity index (χ0) is 13.8. The van der Waals surface area contributed by atoms with Crippen molar-refractivity contribution in [3.05, 3.63) is 42.0 Å². The predicted octanol–water partition coefficient (Wildman–Crippen LogP) is 3.82. The first-order chi connectivity index (χ1) is 9.15. The molecule has 2 rings (SSSR count). The molecule has 0 aliphatic carbocycles. The minimum atomic E-state index is -0.755. The first-order valence-corrected chi connectivity index (χ1v) is 6.46. The Morgan fingerprint density at radius 2 is 1.89 bits per heavy atom. The van der Waals surface area contributed by atoms with Gasteiger partial charge in [-0.2, -0.15) is 0 Å². The lowest BCUT2D eigenvalue weighted by molar-refractivity contribution is -0.139. The fraction of sp³-hybridized carbons (Fsp3) is 0.312. The lowest BCUT2D eigenvalue weighted by Crippen LogP contribution is -2.11. The normalized spacial score (nSPS) is 12.3. The van der Waals surface area contributed by atoms with E-state index in [9.17, 15) is 9.90 Å². The number of methoxy groups -OCH3 is 1. The van der Waals surface area contributed by atoms with Crippen molar-refractivity contribution in [2.24, 2.45) is 0 Å². The summed E-state index contributed by atoms with van der Waals surface area (Å²) in [5.41, 5.74) is 0.868. The highest BCUT2D eigenvalue weighted by atomic mass is 16.5. The Bertz CT molecular complexity index is 590. The lowest BCUT2D eigenvalue weighted by atomic mass is 9.93. The van der Waals surface area contributed by atoms with E-state index >= 15 is 0 Å². The summed E-state index contributed by atoms with van der Waals surface area (Å²) in [6.07, 6.45) is 1.52. The van der Waals surface area contributed by atoms with E-state index in [2.05, 4.69) is 0 Å². The van der Waals surface area contributed by atoms with Gasteiger partial charge in [0.25, 0.3) is 0 Å². The molecule has 1 atom stereocenters. The average molecular weight is 258 g/mol. The molecule has 0 spiro atoms. The van der Waals surface area contributed by atoms with Crippen molar-refractivity contribution in [1.82, 2.24) is 0 Å². The molecule has 0 saturated carbocycles. The molecule has 1 unspecified atom stereocenters. The Hall–Kier alpha value is -2.03. The van der Waals surface area contributed by atoms with Gasteiger partial charge in [-0.05, 0) is 34.9 Å². The van der Waals surface area contributed by atoms with Crippen LogP contribution in [0.3, 0.4) is 0 Å². The van der Waals surface area contributed by atoms with Gasteiger partial charge in [-0.3, -0.25) is 4.79 Å². The van der Waals surface area contributed by atoms with Gasteiger partial charge >= 0.3 is 5.97 Å². The van der Waals surface area contributed by atoms with Gasteiger partial charge in [0.2, 0.25) is 0 Å². The van der Waals surface area contributed by atoms with Gasteiger partial charge in [0, 0.05) is 0 Å². The van der Waals surface area contributed by atoms with E-state index in [1.165, 1.54) is 0 Å². The van der Waals surface area contributed by atoms with Gasteiger partial charge in [-0.25, -0.2) is 0 Å². The van der Waals surface area contributed by atoms with Crippen molar-refractivity contribution in [1.29, 1.82) is 0 Å². The minimum Gasteiger partial charge on any atom is -0.497 e. The van der Waals surface area contributed by atoms with E-state index in [1.807, 2.05) is 43.3 Å². The van der Waals surface area contributed by atoms with Gasteiger partial charge in [-0.1, -0.05) is 37.6 Å². The van der Waals surface area contributed by atoms with Crippen LogP contribution in [0.5, 0.6) is 5.75 Å². The molecule has 0 aliphatic rings. The second-order valence-electron chi connectivity index (χ2n) is 4.65. The summed E-state index contributed by atoms with van der Waals surface area (Å²) in [5, 5.41) is 11.4. The highest BCUT2D eigenvalue weighted by molar-refractivity contribution is 5.86. The molecule has 0 heterocycles. The third kappa shape index (κ3) is 2.87. The highest BCUT2D eigenvalue weighted by Crippen LogP contribution is 2.27. The quantitative estimate of drug-likeness (QED) is 0.886. The number of carboxylic acids is 1. The Morgan fingerprint density at radius 1 is 1.21 bits per heavy atom. The summed E-state index contributed by atoms with van der Waals surface area (Å²) in [4.78, 5) is 11.3. The van der Waals surface area contributed by atoms with E-state index in [4.69, 9.17) is 4.74 Å². The highest BCUT2D eigenvalue weighted by Gasteiger charge is 2.18. The second kappa shape index (κ2) is 5.74. The molecule has 0 radical (unpaired) electrons. The third-order valence-electron chi connectivity index (χ3n) is 3.35. The predicted molar refractivity (Wildman–Crippen MR) is 75.8 cm³/mol. The first kappa shape index (κ1) is 13.4. The van der Waals surface area contributed by atoms with Gasteiger partial charge in [0.15, 0.2) is 0 Å². The van der Waals surface area contributed by atoms with Crippen LogP contribution < -0.4 is 4.74 Å². The molecule has 0 fully saturated rings. The Balaban J connectivity index is 2.43. The fourth-order valence-electron chi connectivity index (χ4n) is 2.31. The molecule has 2 aromatic carbocycles. The minimum absolute atomic E-state index is 0.420. The van der Waals surface area contributed by atoms with Gasteiger partial charge in [0.05, 0.1) is 13.0 Å². The van der Waals surface area contributed by atoms with Crippen LogP contribution in [0.15, 0.2) is 36.4 Å². The first-order valence-electron chi connectivity index (χ1n) is 6.46.